The molecule has 2 aliphatic rings. The average Bonchev–Trinajstić information content (AvgIpc) is 2.70. The summed E-state index contributed by atoms with van der Waals surface area (Å²) in [5, 5.41) is 4.47. The number of hydrogen-bond donors (Lipinski definition) is 1. The van der Waals surface area contributed by atoms with Gasteiger partial charge in [-0.1, -0.05) is 47.5 Å². The first-order valence-electron chi connectivity index (χ1n) is 10.6. The highest BCUT2D eigenvalue weighted by molar-refractivity contribution is 6.42. The summed E-state index contributed by atoms with van der Waals surface area (Å²) in [7, 11) is 0. The smallest absolute Gasteiger partial charge is 0.223 e. The lowest BCUT2D eigenvalue weighted by molar-refractivity contribution is -0.127. The monoisotopic (exact) mass is 446 g/mol. The third kappa shape index (κ3) is 4.93. The number of halogens is 2. The van der Waals surface area contributed by atoms with Crippen LogP contribution in [0.15, 0.2) is 42.5 Å². The molecule has 2 aliphatic heterocycles. The molecule has 0 aliphatic carbocycles. The fourth-order valence-electron chi connectivity index (χ4n) is 4.47. The van der Waals surface area contributed by atoms with Gasteiger partial charge in [0.25, 0.3) is 0 Å². The lowest BCUT2D eigenvalue weighted by Gasteiger charge is -2.39. The number of nitrogens with zero attached hydrogens (tertiary/aromatic N) is 1. The number of para-hydroxylation sites is 1. The van der Waals surface area contributed by atoms with Gasteiger partial charge in [0, 0.05) is 24.4 Å². The summed E-state index contributed by atoms with van der Waals surface area (Å²) in [5.74, 6) is 1.07. The van der Waals surface area contributed by atoms with E-state index >= 15 is 0 Å². The van der Waals surface area contributed by atoms with E-state index in [0.29, 0.717) is 10.0 Å². The quantitative estimate of drug-likeness (QED) is 0.661. The van der Waals surface area contributed by atoms with Crippen LogP contribution < -0.4 is 10.1 Å². The van der Waals surface area contributed by atoms with E-state index in [2.05, 4.69) is 30.1 Å². The Balaban J connectivity index is 1.34. The molecule has 4 rings (SSSR count). The Morgan fingerprint density at radius 2 is 1.87 bits per heavy atom. The molecule has 0 saturated carbocycles. The molecule has 1 unspecified atom stereocenters. The maximum Gasteiger partial charge on any atom is 0.223 e. The molecule has 0 aromatic heterocycles. The summed E-state index contributed by atoms with van der Waals surface area (Å²) in [6.07, 6.45) is 2.49. The Bertz CT molecular complexity index is 923. The highest BCUT2D eigenvalue weighted by Crippen LogP contribution is 2.39. The van der Waals surface area contributed by atoms with E-state index in [1.807, 2.05) is 36.4 Å². The molecular formula is C24H28Cl2N2O2. The van der Waals surface area contributed by atoms with Crippen LogP contribution in [0.3, 0.4) is 0 Å². The van der Waals surface area contributed by atoms with Gasteiger partial charge in [0.05, 0.1) is 16.1 Å². The maximum atomic E-state index is 13.0. The molecule has 0 bridgehead atoms. The van der Waals surface area contributed by atoms with E-state index in [-0.39, 0.29) is 23.5 Å². The number of benzene rings is 2. The van der Waals surface area contributed by atoms with Gasteiger partial charge in [0.15, 0.2) is 0 Å². The first kappa shape index (κ1) is 21.5. The van der Waals surface area contributed by atoms with Crippen LogP contribution in [0.1, 0.15) is 50.3 Å². The minimum absolute atomic E-state index is 0.00770. The Morgan fingerprint density at radius 3 is 2.60 bits per heavy atom. The number of amides is 1. The van der Waals surface area contributed by atoms with E-state index in [1.54, 1.807) is 0 Å². The van der Waals surface area contributed by atoms with Crippen LogP contribution in [0.2, 0.25) is 10.0 Å². The van der Waals surface area contributed by atoms with Crippen LogP contribution in [0.25, 0.3) is 0 Å². The molecule has 1 atom stereocenters. The highest BCUT2D eigenvalue weighted by atomic mass is 35.5. The molecule has 1 fully saturated rings. The number of likely N-dealkylation sites (tertiary alicyclic amines) is 1. The molecule has 160 valence electrons. The molecule has 30 heavy (non-hydrogen) atoms. The summed E-state index contributed by atoms with van der Waals surface area (Å²) in [6.45, 7) is 6.77. The normalized spacial score (nSPS) is 21.5. The molecule has 0 radical (unpaired) electrons. The molecule has 1 amide bonds. The lowest BCUT2D eigenvalue weighted by atomic mass is 9.88. The van der Waals surface area contributed by atoms with Crippen molar-refractivity contribution in [3.8, 4) is 5.75 Å². The van der Waals surface area contributed by atoms with Crippen molar-refractivity contribution >= 4 is 29.1 Å². The predicted molar refractivity (Wildman–Crippen MR) is 121 cm³/mol. The van der Waals surface area contributed by atoms with Crippen LogP contribution in [0.4, 0.5) is 0 Å². The zero-order chi connectivity index (χ0) is 21.3. The Morgan fingerprint density at radius 1 is 1.13 bits per heavy atom. The number of carbonyl (C=O) groups excluding carboxylic acids is 1. The van der Waals surface area contributed by atoms with Crippen LogP contribution in [-0.4, -0.2) is 29.5 Å². The second-order valence-electron chi connectivity index (χ2n) is 8.96. The summed E-state index contributed by atoms with van der Waals surface area (Å²) in [4.78, 5) is 15.4. The number of ether oxygens (including phenoxy) is 1. The van der Waals surface area contributed by atoms with Gasteiger partial charge in [-0.3, -0.25) is 9.69 Å². The van der Waals surface area contributed by atoms with Crippen molar-refractivity contribution in [1.29, 1.82) is 0 Å². The summed E-state index contributed by atoms with van der Waals surface area (Å²) in [5.41, 5.74) is 1.92. The van der Waals surface area contributed by atoms with Gasteiger partial charge in [-0.15, -0.1) is 0 Å². The minimum atomic E-state index is -0.296. The van der Waals surface area contributed by atoms with E-state index in [1.165, 1.54) is 0 Å². The number of fused-ring (bicyclic) bond motifs is 1. The van der Waals surface area contributed by atoms with Crippen molar-refractivity contribution in [1.82, 2.24) is 10.2 Å². The summed E-state index contributed by atoms with van der Waals surface area (Å²) in [6, 6.07) is 13.8. The van der Waals surface area contributed by atoms with Crippen molar-refractivity contribution in [3.63, 3.8) is 0 Å². The zero-order valence-electron chi connectivity index (χ0n) is 17.5. The average molecular weight is 447 g/mol. The SMILES string of the molecule is CC1(C)CC(NC(=O)C2CCN(Cc3ccc(Cl)c(Cl)c3)CC2)c2ccccc2O1. The first-order chi connectivity index (χ1) is 14.3. The Hall–Kier alpha value is -1.75. The molecule has 6 heteroatoms. The standard InChI is InChI=1S/C24H28Cl2N2O2/c1-24(2)14-21(18-5-3-4-6-22(18)30-24)27-23(29)17-9-11-28(12-10-17)15-16-7-8-19(25)20(26)13-16/h3-8,13,17,21H,9-12,14-15H2,1-2H3,(H,27,29). The first-order valence-corrected chi connectivity index (χ1v) is 11.3. The lowest BCUT2D eigenvalue weighted by Crippen LogP contribution is -2.45. The van der Waals surface area contributed by atoms with Gasteiger partial charge < -0.3 is 10.1 Å². The predicted octanol–water partition coefficient (Wildman–Crippen LogP) is 5.62. The second-order valence-corrected chi connectivity index (χ2v) is 9.78. The van der Waals surface area contributed by atoms with E-state index in [4.69, 9.17) is 27.9 Å². The van der Waals surface area contributed by atoms with Gasteiger partial charge in [-0.2, -0.15) is 0 Å². The van der Waals surface area contributed by atoms with Crippen molar-refractivity contribution in [2.24, 2.45) is 5.92 Å². The van der Waals surface area contributed by atoms with Crippen molar-refractivity contribution in [3.05, 3.63) is 63.6 Å². The largest absolute Gasteiger partial charge is 0.487 e. The molecular weight excluding hydrogens is 419 g/mol. The van der Waals surface area contributed by atoms with Crippen molar-refractivity contribution in [2.45, 2.75) is 51.3 Å². The summed E-state index contributed by atoms with van der Waals surface area (Å²) < 4.78 is 6.09. The second kappa shape index (κ2) is 8.78. The number of rotatable bonds is 4. The molecule has 0 spiro atoms. The fraction of sp³-hybridized carbons (Fsp3) is 0.458. The number of carbonyl (C=O) groups is 1. The van der Waals surface area contributed by atoms with Gasteiger partial charge in [-0.25, -0.2) is 0 Å². The zero-order valence-corrected chi connectivity index (χ0v) is 19.0. The Kier molecular flexibility index (Phi) is 6.29. The molecule has 2 heterocycles. The molecule has 4 nitrogen and oxygen atoms in total. The maximum absolute atomic E-state index is 13.0. The van der Waals surface area contributed by atoms with Crippen molar-refractivity contribution in [2.75, 3.05) is 13.1 Å². The van der Waals surface area contributed by atoms with E-state index < -0.39 is 0 Å². The third-order valence-electron chi connectivity index (χ3n) is 6.04. The van der Waals surface area contributed by atoms with E-state index in [9.17, 15) is 4.79 Å². The van der Waals surface area contributed by atoms with Crippen LogP contribution in [0.5, 0.6) is 5.75 Å². The van der Waals surface area contributed by atoms with Gasteiger partial charge >= 0.3 is 0 Å². The van der Waals surface area contributed by atoms with Crippen LogP contribution in [-0.2, 0) is 11.3 Å². The van der Waals surface area contributed by atoms with Gasteiger partial charge in [-0.05, 0) is 63.5 Å². The molecule has 1 N–H and O–H groups in total. The summed E-state index contributed by atoms with van der Waals surface area (Å²) >= 11 is 12.1. The topological polar surface area (TPSA) is 41.6 Å². The van der Waals surface area contributed by atoms with Gasteiger partial charge in [0.1, 0.15) is 11.4 Å². The molecule has 2 aromatic carbocycles. The third-order valence-corrected chi connectivity index (χ3v) is 6.78. The molecule has 2 aromatic rings. The fourth-order valence-corrected chi connectivity index (χ4v) is 4.79. The minimum Gasteiger partial charge on any atom is -0.487 e. The van der Waals surface area contributed by atoms with E-state index in [0.717, 1.165) is 55.8 Å². The van der Waals surface area contributed by atoms with Crippen LogP contribution in [0, 0.1) is 5.92 Å². The van der Waals surface area contributed by atoms with Crippen LogP contribution >= 0.6 is 23.2 Å². The Labute approximate surface area is 188 Å². The highest BCUT2D eigenvalue weighted by Gasteiger charge is 2.35. The number of piperidine rings is 1. The molecule has 1 saturated heterocycles. The van der Waals surface area contributed by atoms with Crippen molar-refractivity contribution < 1.29 is 9.53 Å². The number of hydrogen-bond acceptors (Lipinski definition) is 3. The van der Waals surface area contributed by atoms with Gasteiger partial charge in [0.2, 0.25) is 5.91 Å². The number of nitrogens with one attached hydrogen (secondary N) is 1.